The van der Waals surface area contributed by atoms with Crippen molar-refractivity contribution in [2.75, 3.05) is 0 Å². The molecule has 0 saturated carbocycles. The number of benzene rings is 2. The first kappa shape index (κ1) is 14.9. The smallest absolute Gasteiger partial charge is 0.387 e. The molecule has 0 radical (unpaired) electrons. The minimum absolute atomic E-state index is 0.141. The molecule has 0 amide bonds. The average molecular weight is 296 g/mol. The molecule has 2 rings (SSSR count). The Bertz CT molecular complexity index is 656. The highest BCUT2D eigenvalue weighted by Gasteiger charge is 2.16. The average Bonchev–Trinajstić information content (AvgIpc) is 2.40. The number of aliphatic carboxylic acids is 1. The van der Waals surface area contributed by atoms with E-state index < -0.39 is 24.1 Å². The minimum atomic E-state index is -3.15. The lowest BCUT2D eigenvalue weighted by Crippen LogP contribution is -2.05. The SMILES string of the molecule is O=C(O)Cc1cccc(-c2cccc(F)c2OC(F)F)c1. The highest BCUT2D eigenvalue weighted by atomic mass is 19.3. The Morgan fingerprint density at radius 2 is 1.90 bits per heavy atom. The maximum atomic E-state index is 13.7. The van der Waals surface area contributed by atoms with E-state index in [1.165, 1.54) is 18.2 Å². The van der Waals surface area contributed by atoms with Gasteiger partial charge in [0.05, 0.1) is 6.42 Å². The van der Waals surface area contributed by atoms with Crippen LogP contribution in [0, 0.1) is 5.82 Å². The molecule has 110 valence electrons. The lowest BCUT2D eigenvalue weighted by Gasteiger charge is -2.12. The molecule has 0 aliphatic carbocycles. The first-order valence-electron chi connectivity index (χ1n) is 6.02. The first-order chi connectivity index (χ1) is 9.97. The van der Waals surface area contributed by atoms with Crippen molar-refractivity contribution in [3.8, 4) is 16.9 Å². The van der Waals surface area contributed by atoms with Gasteiger partial charge in [0.25, 0.3) is 0 Å². The molecule has 3 nitrogen and oxygen atoms in total. The number of hydrogen-bond acceptors (Lipinski definition) is 2. The second-order valence-corrected chi connectivity index (χ2v) is 4.27. The fourth-order valence-corrected chi connectivity index (χ4v) is 1.97. The molecule has 2 aromatic carbocycles. The van der Waals surface area contributed by atoms with Gasteiger partial charge in [0, 0.05) is 5.56 Å². The Morgan fingerprint density at radius 3 is 2.57 bits per heavy atom. The van der Waals surface area contributed by atoms with Gasteiger partial charge in [-0.25, -0.2) is 4.39 Å². The van der Waals surface area contributed by atoms with Crippen LogP contribution in [-0.4, -0.2) is 17.7 Å². The highest BCUT2D eigenvalue weighted by Crippen LogP contribution is 2.33. The van der Waals surface area contributed by atoms with Gasteiger partial charge in [-0.2, -0.15) is 8.78 Å². The number of hydrogen-bond donors (Lipinski definition) is 1. The summed E-state index contributed by atoms with van der Waals surface area (Å²) in [5, 5.41) is 8.76. The Kier molecular flexibility index (Phi) is 4.47. The van der Waals surface area contributed by atoms with Crippen LogP contribution in [-0.2, 0) is 11.2 Å². The minimum Gasteiger partial charge on any atom is -0.481 e. The van der Waals surface area contributed by atoms with Crippen molar-refractivity contribution in [1.82, 2.24) is 0 Å². The van der Waals surface area contributed by atoms with Crippen molar-refractivity contribution in [3.63, 3.8) is 0 Å². The van der Waals surface area contributed by atoms with Crippen molar-refractivity contribution >= 4 is 5.97 Å². The predicted octanol–water partition coefficient (Wildman–Crippen LogP) is 3.72. The summed E-state index contributed by atoms with van der Waals surface area (Å²) in [6.45, 7) is -3.15. The maximum absolute atomic E-state index is 13.7. The van der Waals surface area contributed by atoms with Gasteiger partial charge in [0.15, 0.2) is 11.6 Å². The monoisotopic (exact) mass is 296 g/mol. The van der Waals surface area contributed by atoms with Crippen LogP contribution in [0.4, 0.5) is 13.2 Å². The number of carboxylic acids is 1. The Hall–Kier alpha value is -2.50. The van der Waals surface area contributed by atoms with Crippen molar-refractivity contribution in [2.45, 2.75) is 13.0 Å². The molecule has 0 atom stereocenters. The number of carboxylic acid groups (broad SMARTS) is 1. The fraction of sp³-hybridized carbons (Fsp3) is 0.133. The van der Waals surface area contributed by atoms with E-state index in [0.717, 1.165) is 6.07 Å². The van der Waals surface area contributed by atoms with E-state index in [9.17, 15) is 18.0 Å². The van der Waals surface area contributed by atoms with Crippen molar-refractivity contribution in [2.24, 2.45) is 0 Å². The van der Waals surface area contributed by atoms with Crippen LogP contribution in [0.2, 0.25) is 0 Å². The van der Waals surface area contributed by atoms with Gasteiger partial charge in [0.1, 0.15) is 0 Å². The van der Waals surface area contributed by atoms with Crippen LogP contribution in [0.5, 0.6) is 5.75 Å². The zero-order valence-electron chi connectivity index (χ0n) is 10.7. The summed E-state index contributed by atoms with van der Waals surface area (Å²) in [6.07, 6.45) is -0.214. The van der Waals surface area contributed by atoms with E-state index >= 15 is 0 Å². The van der Waals surface area contributed by atoms with Gasteiger partial charge in [-0.15, -0.1) is 0 Å². The first-order valence-corrected chi connectivity index (χ1v) is 6.02. The Balaban J connectivity index is 2.46. The standard InChI is InChI=1S/C15H11F3O3/c16-12-6-2-5-11(14(12)21-15(17)18)10-4-1-3-9(7-10)8-13(19)20/h1-7,15H,8H2,(H,19,20). The third-order valence-corrected chi connectivity index (χ3v) is 2.77. The Labute approximate surface area is 118 Å². The summed E-state index contributed by atoms with van der Waals surface area (Å²) < 4.78 is 42.6. The predicted molar refractivity (Wildman–Crippen MR) is 69.8 cm³/mol. The molecule has 6 heteroatoms. The summed E-state index contributed by atoms with van der Waals surface area (Å²) in [7, 11) is 0. The largest absolute Gasteiger partial charge is 0.481 e. The van der Waals surface area contributed by atoms with Crippen LogP contribution >= 0.6 is 0 Å². The maximum Gasteiger partial charge on any atom is 0.387 e. The van der Waals surface area contributed by atoms with Crippen LogP contribution in [0.25, 0.3) is 11.1 Å². The Morgan fingerprint density at radius 1 is 1.19 bits per heavy atom. The number of carbonyl (C=O) groups is 1. The number of ether oxygens (including phenoxy) is 1. The van der Waals surface area contributed by atoms with E-state index in [0.29, 0.717) is 11.1 Å². The van der Waals surface area contributed by atoms with Gasteiger partial charge in [-0.05, 0) is 17.2 Å². The molecule has 0 spiro atoms. The quantitative estimate of drug-likeness (QED) is 0.914. The molecule has 21 heavy (non-hydrogen) atoms. The van der Waals surface area contributed by atoms with Crippen LogP contribution in [0.1, 0.15) is 5.56 Å². The summed E-state index contributed by atoms with van der Waals surface area (Å²) >= 11 is 0. The second-order valence-electron chi connectivity index (χ2n) is 4.27. The molecule has 0 aliphatic rings. The van der Waals surface area contributed by atoms with Gasteiger partial charge in [-0.1, -0.05) is 36.4 Å². The van der Waals surface area contributed by atoms with E-state index in [2.05, 4.69) is 4.74 Å². The van der Waals surface area contributed by atoms with Gasteiger partial charge < -0.3 is 9.84 Å². The van der Waals surface area contributed by atoms with Crippen LogP contribution in [0.15, 0.2) is 42.5 Å². The number of rotatable bonds is 5. The fourth-order valence-electron chi connectivity index (χ4n) is 1.97. The summed E-state index contributed by atoms with van der Waals surface area (Å²) in [5.74, 6) is -2.48. The highest BCUT2D eigenvalue weighted by molar-refractivity contribution is 5.74. The third-order valence-electron chi connectivity index (χ3n) is 2.77. The summed E-state index contributed by atoms with van der Waals surface area (Å²) in [6, 6.07) is 10.0. The normalized spacial score (nSPS) is 10.7. The number of para-hydroxylation sites is 1. The molecule has 0 fully saturated rings. The zero-order chi connectivity index (χ0) is 15.4. The van der Waals surface area contributed by atoms with Crippen molar-refractivity contribution in [3.05, 3.63) is 53.8 Å². The lowest BCUT2D eigenvalue weighted by atomic mass is 10.0. The molecule has 0 unspecified atom stereocenters. The van der Waals surface area contributed by atoms with Crippen molar-refractivity contribution in [1.29, 1.82) is 0 Å². The number of halogens is 3. The van der Waals surface area contributed by atoms with Crippen LogP contribution in [0.3, 0.4) is 0 Å². The molecule has 0 aromatic heterocycles. The molecule has 0 bridgehead atoms. The lowest BCUT2D eigenvalue weighted by molar-refractivity contribution is -0.136. The molecule has 0 saturated heterocycles. The molecular weight excluding hydrogens is 285 g/mol. The zero-order valence-corrected chi connectivity index (χ0v) is 10.7. The van der Waals surface area contributed by atoms with E-state index in [1.807, 2.05) is 0 Å². The van der Waals surface area contributed by atoms with Crippen LogP contribution < -0.4 is 4.74 Å². The molecule has 1 N–H and O–H groups in total. The van der Waals surface area contributed by atoms with E-state index in [4.69, 9.17) is 5.11 Å². The molecule has 0 aliphatic heterocycles. The topological polar surface area (TPSA) is 46.5 Å². The summed E-state index contributed by atoms with van der Waals surface area (Å²) in [5.41, 5.74) is 1.03. The van der Waals surface area contributed by atoms with Gasteiger partial charge >= 0.3 is 12.6 Å². The molecular formula is C15H11F3O3. The van der Waals surface area contributed by atoms with E-state index in [-0.39, 0.29) is 12.0 Å². The molecule has 2 aromatic rings. The van der Waals surface area contributed by atoms with E-state index in [1.54, 1.807) is 18.2 Å². The third kappa shape index (κ3) is 3.75. The number of alkyl halides is 2. The molecule has 0 heterocycles. The van der Waals surface area contributed by atoms with Gasteiger partial charge in [-0.3, -0.25) is 4.79 Å². The second kappa shape index (κ2) is 6.30. The van der Waals surface area contributed by atoms with Crippen molar-refractivity contribution < 1.29 is 27.8 Å². The summed E-state index contributed by atoms with van der Waals surface area (Å²) in [4.78, 5) is 10.7. The van der Waals surface area contributed by atoms with Gasteiger partial charge in [0.2, 0.25) is 0 Å².